The third-order valence-corrected chi connectivity index (χ3v) is 5.97. The normalized spacial score (nSPS) is 18.7. The fraction of sp³-hybridized carbons (Fsp3) is 0.529. The van der Waals surface area contributed by atoms with Crippen molar-refractivity contribution in [3.05, 3.63) is 41.6 Å². The minimum absolute atomic E-state index is 0.0938. The molecule has 1 aliphatic rings. The number of benzene rings is 1. The summed E-state index contributed by atoms with van der Waals surface area (Å²) in [6.07, 6.45) is 3.68. The van der Waals surface area contributed by atoms with Crippen molar-refractivity contribution in [2.75, 3.05) is 20.3 Å². The van der Waals surface area contributed by atoms with E-state index < -0.39 is 10.0 Å². The first-order chi connectivity index (χ1) is 10.3. The largest absolute Gasteiger partial charge is 0.378 e. The molecule has 0 amide bonds. The Labute approximate surface area is 133 Å². The standard InChI is InChI=1S/C17H25NO3S/c1-14-5-7-16(8-6-14)22(19,20)18-12-11-17(2,3)10-9-15(18)13-21-4/h5-9H,10-13H2,1-4H3. The number of aryl methyl sites for hydroxylation is 1. The molecule has 2 rings (SSSR count). The monoisotopic (exact) mass is 323 g/mol. The number of ether oxygens (including phenoxy) is 1. The van der Waals surface area contributed by atoms with E-state index in [1.54, 1.807) is 19.2 Å². The van der Waals surface area contributed by atoms with Gasteiger partial charge in [-0.1, -0.05) is 37.6 Å². The molecule has 1 aliphatic heterocycles. The lowest BCUT2D eigenvalue weighted by atomic mass is 9.86. The molecule has 4 nitrogen and oxygen atoms in total. The maximum atomic E-state index is 13.0. The van der Waals surface area contributed by atoms with E-state index in [9.17, 15) is 8.42 Å². The molecule has 1 heterocycles. The number of rotatable bonds is 4. The van der Waals surface area contributed by atoms with Gasteiger partial charge in [0.15, 0.2) is 0 Å². The zero-order chi connectivity index (χ0) is 16.4. The van der Waals surface area contributed by atoms with E-state index in [4.69, 9.17) is 4.74 Å². The Morgan fingerprint density at radius 3 is 2.45 bits per heavy atom. The van der Waals surface area contributed by atoms with E-state index in [0.717, 1.165) is 24.1 Å². The highest BCUT2D eigenvalue weighted by Gasteiger charge is 2.31. The average Bonchev–Trinajstić information content (AvgIpc) is 2.59. The van der Waals surface area contributed by atoms with Crippen molar-refractivity contribution in [1.82, 2.24) is 4.31 Å². The molecule has 0 spiro atoms. The van der Waals surface area contributed by atoms with Crippen LogP contribution in [-0.2, 0) is 14.8 Å². The smallest absolute Gasteiger partial charge is 0.264 e. The molecule has 0 fully saturated rings. The lowest BCUT2D eigenvalue weighted by Crippen LogP contribution is -2.33. The van der Waals surface area contributed by atoms with E-state index in [1.165, 1.54) is 4.31 Å². The molecule has 0 unspecified atom stereocenters. The van der Waals surface area contributed by atoms with Crippen molar-refractivity contribution in [2.24, 2.45) is 5.41 Å². The van der Waals surface area contributed by atoms with Crippen molar-refractivity contribution in [3.63, 3.8) is 0 Å². The van der Waals surface area contributed by atoms with Crippen molar-refractivity contribution >= 4 is 10.0 Å². The van der Waals surface area contributed by atoms with E-state index in [0.29, 0.717) is 18.0 Å². The molecular weight excluding hydrogens is 298 g/mol. The van der Waals surface area contributed by atoms with Crippen molar-refractivity contribution < 1.29 is 13.2 Å². The van der Waals surface area contributed by atoms with Gasteiger partial charge in [0.1, 0.15) is 0 Å². The Morgan fingerprint density at radius 1 is 1.23 bits per heavy atom. The fourth-order valence-corrected chi connectivity index (χ4v) is 4.04. The lowest BCUT2D eigenvalue weighted by Gasteiger charge is -2.27. The molecule has 5 heteroatoms. The molecule has 22 heavy (non-hydrogen) atoms. The molecule has 0 aliphatic carbocycles. The zero-order valence-electron chi connectivity index (χ0n) is 13.8. The van der Waals surface area contributed by atoms with Gasteiger partial charge in [0, 0.05) is 13.7 Å². The van der Waals surface area contributed by atoms with E-state index >= 15 is 0 Å². The number of hydrogen-bond acceptors (Lipinski definition) is 3. The van der Waals surface area contributed by atoms with Gasteiger partial charge in [-0.15, -0.1) is 0 Å². The van der Waals surface area contributed by atoms with Crippen molar-refractivity contribution in [1.29, 1.82) is 0 Å². The predicted octanol–water partition coefficient (Wildman–Crippen LogP) is 3.34. The molecule has 0 aromatic heterocycles. The van der Waals surface area contributed by atoms with Crippen LogP contribution in [0.5, 0.6) is 0 Å². The minimum atomic E-state index is -3.54. The van der Waals surface area contributed by atoms with Crippen LogP contribution >= 0.6 is 0 Å². The summed E-state index contributed by atoms with van der Waals surface area (Å²) in [5.41, 5.74) is 1.87. The van der Waals surface area contributed by atoms with Crippen LogP contribution in [0.1, 0.15) is 32.3 Å². The summed E-state index contributed by atoms with van der Waals surface area (Å²) in [6.45, 7) is 7.06. The van der Waals surface area contributed by atoms with E-state index in [-0.39, 0.29) is 5.41 Å². The van der Waals surface area contributed by atoms with Crippen LogP contribution in [0.15, 0.2) is 40.9 Å². The summed E-state index contributed by atoms with van der Waals surface area (Å²) in [6, 6.07) is 7.00. The predicted molar refractivity (Wildman–Crippen MR) is 88.0 cm³/mol. The Bertz CT molecular complexity index is 645. The summed E-state index contributed by atoms with van der Waals surface area (Å²) in [5.74, 6) is 0. The zero-order valence-corrected chi connectivity index (χ0v) is 14.6. The van der Waals surface area contributed by atoms with Gasteiger partial charge >= 0.3 is 0 Å². The van der Waals surface area contributed by atoms with Gasteiger partial charge in [-0.3, -0.25) is 4.31 Å². The molecule has 0 N–H and O–H groups in total. The first kappa shape index (κ1) is 17.0. The first-order valence-corrected chi connectivity index (χ1v) is 8.98. The summed E-state index contributed by atoms with van der Waals surface area (Å²) >= 11 is 0. The quantitative estimate of drug-likeness (QED) is 0.854. The number of sulfonamides is 1. The molecule has 122 valence electrons. The Balaban J connectivity index is 2.40. The summed E-state index contributed by atoms with van der Waals surface area (Å²) < 4.78 is 32.7. The lowest BCUT2D eigenvalue weighted by molar-refractivity contribution is 0.207. The molecule has 1 aromatic carbocycles. The Hall–Kier alpha value is -1.33. The van der Waals surface area contributed by atoms with Crippen LogP contribution in [0.3, 0.4) is 0 Å². The first-order valence-electron chi connectivity index (χ1n) is 7.54. The van der Waals surface area contributed by atoms with Crippen LogP contribution in [-0.4, -0.2) is 33.0 Å². The molecule has 0 radical (unpaired) electrons. The highest BCUT2D eigenvalue weighted by molar-refractivity contribution is 7.89. The van der Waals surface area contributed by atoms with Crippen LogP contribution in [0.25, 0.3) is 0 Å². The summed E-state index contributed by atoms with van der Waals surface area (Å²) in [4.78, 5) is 0.333. The highest BCUT2D eigenvalue weighted by atomic mass is 32.2. The molecule has 0 bridgehead atoms. The van der Waals surface area contributed by atoms with Crippen LogP contribution in [0.2, 0.25) is 0 Å². The van der Waals surface area contributed by atoms with Crippen molar-refractivity contribution in [2.45, 2.75) is 38.5 Å². The Kier molecular flexibility index (Phi) is 4.97. The second kappa shape index (κ2) is 6.42. The van der Waals surface area contributed by atoms with Crippen LogP contribution in [0.4, 0.5) is 0 Å². The third-order valence-electron chi connectivity index (χ3n) is 4.10. The van der Waals surface area contributed by atoms with E-state index in [2.05, 4.69) is 13.8 Å². The van der Waals surface area contributed by atoms with Crippen molar-refractivity contribution in [3.8, 4) is 0 Å². The molecular formula is C17H25NO3S. The van der Waals surface area contributed by atoms with Gasteiger partial charge in [0.2, 0.25) is 0 Å². The maximum Gasteiger partial charge on any atom is 0.264 e. The maximum absolute atomic E-state index is 13.0. The van der Waals surface area contributed by atoms with Gasteiger partial charge < -0.3 is 4.74 Å². The molecule has 1 aromatic rings. The van der Waals surface area contributed by atoms with Gasteiger partial charge in [0.25, 0.3) is 10.0 Å². The van der Waals surface area contributed by atoms with Gasteiger partial charge in [0.05, 0.1) is 17.2 Å². The molecule has 0 saturated heterocycles. The minimum Gasteiger partial charge on any atom is -0.378 e. The summed E-state index contributed by atoms with van der Waals surface area (Å²) in [7, 11) is -1.95. The second-order valence-electron chi connectivity index (χ2n) is 6.64. The van der Waals surface area contributed by atoms with Gasteiger partial charge in [-0.2, -0.15) is 0 Å². The SMILES string of the molecule is COCC1=CCC(C)(C)CCN1S(=O)(=O)c1ccc(C)cc1. The molecule has 0 saturated carbocycles. The van der Waals surface area contributed by atoms with Gasteiger partial charge in [-0.05, 0) is 37.3 Å². The fourth-order valence-electron chi connectivity index (χ4n) is 2.54. The van der Waals surface area contributed by atoms with Crippen LogP contribution in [0, 0.1) is 12.3 Å². The van der Waals surface area contributed by atoms with Crippen LogP contribution < -0.4 is 0 Å². The highest BCUT2D eigenvalue weighted by Crippen LogP contribution is 2.33. The van der Waals surface area contributed by atoms with E-state index in [1.807, 2.05) is 25.1 Å². The second-order valence-corrected chi connectivity index (χ2v) is 8.50. The molecule has 0 atom stereocenters. The van der Waals surface area contributed by atoms with Gasteiger partial charge in [-0.25, -0.2) is 8.42 Å². The number of hydrogen-bond donors (Lipinski definition) is 0. The average molecular weight is 323 g/mol. The third kappa shape index (κ3) is 3.70. The summed E-state index contributed by atoms with van der Waals surface area (Å²) in [5, 5.41) is 0. The number of nitrogens with zero attached hydrogens (tertiary/aromatic N) is 1. The topological polar surface area (TPSA) is 46.6 Å². The Morgan fingerprint density at radius 2 is 1.86 bits per heavy atom. The number of allylic oxidation sites excluding steroid dienone is 1. The number of methoxy groups -OCH3 is 1.